The molecule has 0 saturated heterocycles. The number of methoxy groups -OCH3 is 2. The molecule has 0 amide bonds. The molecule has 0 aromatic heterocycles. The molecular weight excluding hydrogens is 957 g/mol. The second kappa shape index (κ2) is 28.3. The lowest BCUT2D eigenvalue weighted by atomic mass is 10.0. The van der Waals surface area contributed by atoms with Gasteiger partial charge in [0.15, 0.2) is 23.0 Å². The Morgan fingerprint density at radius 2 is 0.707 bits per heavy atom. The predicted octanol–water partition coefficient (Wildman–Crippen LogP) is 13.4. The van der Waals surface area contributed by atoms with Crippen LogP contribution in [0.4, 0.5) is 0 Å². The number of hydrogen-bond acceptors (Lipinski definition) is 14. The number of esters is 6. The van der Waals surface area contributed by atoms with E-state index in [-0.39, 0.29) is 69.8 Å². The van der Waals surface area contributed by atoms with Crippen molar-refractivity contribution in [2.24, 2.45) is 0 Å². The molecule has 0 fully saturated rings. The predicted molar refractivity (Wildman–Crippen MR) is 283 cm³/mol. The molecule has 14 heteroatoms. The Morgan fingerprint density at radius 1 is 0.373 bits per heavy atom. The lowest BCUT2D eigenvalue weighted by Crippen LogP contribution is -2.19. The van der Waals surface area contributed by atoms with Crippen LogP contribution in [0.5, 0.6) is 34.5 Å². The van der Waals surface area contributed by atoms with Crippen LogP contribution in [0.1, 0.15) is 140 Å². The highest BCUT2D eigenvalue weighted by Crippen LogP contribution is 2.32. The Labute approximate surface area is 438 Å². The molecule has 75 heavy (non-hydrogen) atoms. The Bertz CT molecular complexity index is 2670. The standard InChI is InChI=1S/C61H64O14/c1-7-9-11-13-15-40(3)70-58(64)46-21-17-42(18-22-46)44-25-31-50(32-26-44)72-60(66)48-29-35-52(54(37-48)68-5)74-56(62)39-57(63)75-53-36-30-49(38-55(53)69-6)61(67)73-51-33-27-45(28-34-51)43-19-23-47(24-20-43)59(65)71-41(4)16-14-12-10-8-2/h17-38,40-41H,7-16,39H2,1-6H3. The second-order valence-electron chi connectivity index (χ2n) is 18.0. The summed E-state index contributed by atoms with van der Waals surface area (Å²) in [5.74, 6) is -3.61. The highest BCUT2D eigenvalue weighted by atomic mass is 16.6. The van der Waals surface area contributed by atoms with Crippen LogP contribution in [0, 0.1) is 0 Å². The van der Waals surface area contributed by atoms with Gasteiger partial charge in [-0.2, -0.15) is 0 Å². The van der Waals surface area contributed by atoms with Gasteiger partial charge in [-0.15, -0.1) is 0 Å². The van der Waals surface area contributed by atoms with Gasteiger partial charge in [-0.25, -0.2) is 19.2 Å². The maximum Gasteiger partial charge on any atom is 0.343 e. The fourth-order valence-electron chi connectivity index (χ4n) is 7.89. The molecule has 0 aliphatic rings. The molecule has 0 spiro atoms. The van der Waals surface area contributed by atoms with Crippen molar-refractivity contribution in [1.29, 1.82) is 0 Å². The van der Waals surface area contributed by atoms with E-state index < -0.39 is 30.3 Å². The van der Waals surface area contributed by atoms with E-state index in [1.807, 2.05) is 38.1 Å². The Kier molecular flexibility index (Phi) is 21.1. The first kappa shape index (κ1) is 56.0. The summed E-state index contributed by atoms with van der Waals surface area (Å²) in [7, 11) is 2.64. The molecule has 0 aliphatic carbocycles. The van der Waals surface area contributed by atoms with E-state index in [2.05, 4.69) is 13.8 Å². The summed E-state index contributed by atoms with van der Waals surface area (Å²) in [5, 5.41) is 0. The van der Waals surface area contributed by atoms with Gasteiger partial charge in [0.05, 0.1) is 48.7 Å². The maximum absolute atomic E-state index is 13.1. The number of unbranched alkanes of at least 4 members (excludes halogenated alkanes) is 6. The summed E-state index contributed by atoms with van der Waals surface area (Å²) in [5.41, 5.74) is 4.51. The average molecular weight is 1020 g/mol. The van der Waals surface area contributed by atoms with Crippen molar-refractivity contribution >= 4 is 35.8 Å². The van der Waals surface area contributed by atoms with Crippen LogP contribution < -0.4 is 28.4 Å². The molecular formula is C61H64O14. The normalized spacial score (nSPS) is 11.6. The van der Waals surface area contributed by atoms with Crippen molar-refractivity contribution in [2.75, 3.05) is 14.2 Å². The molecule has 0 N–H and O–H groups in total. The summed E-state index contributed by atoms with van der Waals surface area (Å²) in [6.07, 6.45) is 9.47. The summed E-state index contributed by atoms with van der Waals surface area (Å²) in [6, 6.07) is 36.0. The zero-order valence-electron chi connectivity index (χ0n) is 43.4. The first-order valence-electron chi connectivity index (χ1n) is 25.3. The molecule has 6 aromatic rings. The van der Waals surface area contributed by atoms with E-state index in [1.165, 1.54) is 63.5 Å². The minimum Gasteiger partial charge on any atom is -0.493 e. The van der Waals surface area contributed by atoms with Gasteiger partial charge in [0.25, 0.3) is 0 Å². The van der Waals surface area contributed by atoms with Crippen LogP contribution >= 0.6 is 0 Å². The van der Waals surface area contributed by atoms with E-state index in [1.54, 1.807) is 72.8 Å². The second-order valence-corrected chi connectivity index (χ2v) is 18.0. The van der Waals surface area contributed by atoms with Crippen LogP contribution in [0.15, 0.2) is 133 Å². The van der Waals surface area contributed by atoms with Crippen LogP contribution in [-0.2, 0) is 19.1 Å². The lowest BCUT2D eigenvalue weighted by Gasteiger charge is -2.13. The third kappa shape index (κ3) is 16.9. The van der Waals surface area contributed by atoms with Crippen molar-refractivity contribution in [2.45, 2.75) is 111 Å². The molecule has 392 valence electrons. The highest BCUT2D eigenvalue weighted by Gasteiger charge is 2.22. The fraction of sp³-hybridized carbons (Fsp3) is 0.311. The van der Waals surface area contributed by atoms with Gasteiger partial charge in [-0.3, -0.25) is 9.59 Å². The van der Waals surface area contributed by atoms with Crippen LogP contribution in [-0.4, -0.2) is 62.2 Å². The van der Waals surface area contributed by atoms with E-state index in [0.29, 0.717) is 11.1 Å². The number of hydrogen-bond donors (Lipinski definition) is 0. The molecule has 0 bridgehead atoms. The molecule has 2 atom stereocenters. The summed E-state index contributed by atoms with van der Waals surface area (Å²) < 4.78 is 43.9. The van der Waals surface area contributed by atoms with E-state index in [0.717, 1.165) is 73.6 Å². The van der Waals surface area contributed by atoms with Gasteiger partial charge in [0.2, 0.25) is 0 Å². The van der Waals surface area contributed by atoms with Crippen LogP contribution in [0.3, 0.4) is 0 Å². The van der Waals surface area contributed by atoms with E-state index >= 15 is 0 Å². The quantitative estimate of drug-likeness (QED) is 0.0217. The van der Waals surface area contributed by atoms with E-state index in [4.69, 9.17) is 37.9 Å². The first-order chi connectivity index (χ1) is 36.3. The Morgan fingerprint density at radius 3 is 1.04 bits per heavy atom. The van der Waals surface area contributed by atoms with Crippen molar-refractivity contribution in [3.05, 3.63) is 156 Å². The van der Waals surface area contributed by atoms with Crippen molar-refractivity contribution in [3.8, 4) is 56.8 Å². The van der Waals surface area contributed by atoms with Crippen molar-refractivity contribution in [1.82, 2.24) is 0 Å². The van der Waals surface area contributed by atoms with Gasteiger partial charge in [-0.1, -0.05) is 101 Å². The molecule has 0 saturated carbocycles. The van der Waals surface area contributed by atoms with Crippen LogP contribution in [0.2, 0.25) is 0 Å². The lowest BCUT2D eigenvalue weighted by molar-refractivity contribution is -0.144. The number of carbonyl (C=O) groups is 6. The minimum atomic E-state index is -0.980. The molecule has 2 unspecified atom stereocenters. The van der Waals surface area contributed by atoms with E-state index in [9.17, 15) is 28.8 Å². The molecule has 0 radical (unpaired) electrons. The number of carbonyl (C=O) groups excluding carboxylic acids is 6. The monoisotopic (exact) mass is 1020 g/mol. The molecule has 6 rings (SSSR count). The van der Waals surface area contributed by atoms with Gasteiger partial charge < -0.3 is 37.9 Å². The minimum absolute atomic E-state index is 0.0265. The van der Waals surface area contributed by atoms with Crippen molar-refractivity contribution < 1.29 is 66.7 Å². The molecule has 0 aliphatic heterocycles. The Balaban J connectivity index is 0.955. The molecule has 14 nitrogen and oxygen atoms in total. The summed E-state index contributed by atoms with van der Waals surface area (Å²) in [6.45, 7) is 8.14. The first-order valence-corrected chi connectivity index (χ1v) is 25.3. The smallest absolute Gasteiger partial charge is 0.343 e. The van der Waals surface area contributed by atoms with Crippen LogP contribution in [0.25, 0.3) is 22.3 Å². The van der Waals surface area contributed by atoms with Gasteiger partial charge in [0.1, 0.15) is 17.9 Å². The topological polar surface area (TPSA) is 176 Å². The highest BCUT2D eigenvalue weighted by molar-refractivity contribution is 5.96. The number of ether oxygens (including phenoxy) is 8. The zero-order valence-corrected chi connectivity index (χ0v) is 43.4. The van der Waals surface area contributed by atoms with Gasteiger partial charge >= 0.3 is 35.8 Å². The fourth-order valence-corrected chi connectivity index (χ4v) is 7.89. The van der Waals surface area contributed by atoms with Gasteiger partial charge in [0, 0.05) is 0 Å². The average Bonchev–Trinajstić information content (AvgIpc) is 3.41. The third-order valence-corrected chi connectivity index (χ3v) is 12.1. The summed E-state index contributed by atoms with van der Waals surface area (Å²) in [4.78, 5) is 77.4. The number of rotatable bonds is 26. The zero-order chi connectivity index (χ0) is 53.7. The summed E-state index contributed by atoms with van der Waals surface area (Å²) >= 11 is 0. The third-order valence-electron chi connectivity index (χ3n) is 12.1. The largest absolute Gasteiger partial charge is 0.493 e. The van der Waals surface area contributed by atoms with Gasteiger partial charge in [-0.05, 0) is 147 Å². The SMILES string of the molecule is CCCCCCC(C)OC(=O)c1ccc(-c2ccc(OC(=O)c3ccc(OC(=O)CC(=O)Oc4ccc(C(=O)Oc5ccc(-c6ccc(C(=O)OC(C)CCCCCC)cc6)cc5)cc4OC)c(OC)c3)cc2)cc1. The Hall–Kier alpha value is -8.26. The molecule has 6 aromatic carbocycles. The molecule has 0 heterocycles. The maximum atomic E-state index is 13.1. The number of benzene rings is 6. The van der Waals surface area contributed by atoms with Crippen molar-refractivity contribution in [3.63, 3.8) is 0 Å².